The maximum atomic E-state index is 12.6. The van der Waals surface area contributed by atoms with E-state index in [1.54, 1.807) is 0 Å². The molecule has 0 saturated carbocycles. The summed E-state index contributed by atoms with van der Waals surface area (Å²) in [5, 5.41) is 0. The number of carbonyl (C=O) groups is 2. The lowest BCUT2D eigenvalue weighted by molar-refractivity contribution is -0.163. The molecule has 0 bridgehead atoms. The topological polar surface area (TPSA) is 61.8 Å². The largest absolute Gasteiger partial charge is 0.462 e. The molecule has 0 rings (SSSR count). The first-order valence-electron chi connectivity index (χ1n) is 21.5. The van der Waals surface area contributed by atoms with Gasteiger partial charge in [-0.15, -0.1) is 0 Å². The van der Waals surface area contributed by atoms with Crippen LogP contribution >= 0.6 is 0 Å². The Kier molecular flexibility index (Phi) is 40.6. The summed E-state index contributed by atoms with van der Waals surface area (Å²) in [5.41, 5.74) is 0. The summed E-state index contributed by atoms with van der Waals surface area (Å²) in [5.74, 6) is -0.481. The number of ether oxygens (including phenoxy) is 3. The molecule has 0 amide bonds. The van der Waals surface area contributed by atoms with Crippen LogP contribution < -0.4 is 0 Å². The molecule has 1 unspecified atom stereocenters. The summed E-state index contributed by atoms with van der Waals surface area (Å²) in [6, 6.07) is 0. The van der Waals surface area contributed by atoms with E-state index < -0.39 is 6.10 Å². The van der Waals surface area contributed by atoms with Crippen LogP contribution in [0.3, 0.4) is 0 Å². The van der Waals surface area contributed by atoms with E-state index in [-0.39, 0.29) is 25.2 Å². The fourth-order valence-corrected chi connectivity index (χ4v) is 5.52. The minimum atomic E-state index is -0.559. The van der Waals surface area contributed by atoms with Crippen molar-refractivity contribution in [2.45, 2.75) is 194 Å². The predicted octanol–water partition coefficient (Wildman–Crippen LogP) is 14.0. The van der Waals surface area contributed by atoms with Crippen molar-refractivity contribution in [1.82, 2.24) is 0 Å². The highest BCUT2D eigenvalue weighted by atomic mass is 16.6. The van der Waals surface area contributed by atoms with Crippen molar-refractivity contribution in [3.05, 3.63) is 72.9 Å². The zero-order valence-electron chi connectivity index (χ0n) is 34.1. The van der Waals surface area contributed by atoms with Crippen molar-refractivity contribution in [3.8, 4) is 0 Å². The van der Waals surface area contributed by atoms with Gasteiger partial charge < -0.3 is 14.2 Å². The third kappa shape index (κ3) is 40.1. The summed E-state index contributed by atoms with van der Waals surface area (Å²) in [7, 11) is 0. The summed E-state index contributed by atoms with van der Waals surface area (Å²) in [6.07, 6.45) is 53.3. The zero-order valence-corrected chi connectivity index (χ0v) is 34.1. The maximum absolute atomic E-state index is 12.6. The summed E-state index contributed by atoms with van der Waals surface area (Å²) < 4.78 is 17.2. The van der Waals surface area contributed by atoms with Crippen LogP contribution in [0.2, 0.25) is 0 Å². The van der Waals surface area contributed by atoms with Gasteiger partial charge in [0.25, 0.3) is 0 Å². The van der Waals surface area contributed by atoms with E-state index in [1.165, 1.54) is 70.6 Å². The molecule has 0 saturated heterocycles. The van der Waals surface area contributed by atoms with E-state index in [1.807, 2.05) is 0 Å². The molecule has 5 nitrogen and oxygen atoms in total. The van der Waals surface area contributed by atoms with Crippen LogP contribution in [-0.2, 0) is 23.8 Å². The summed E-state index contributed by atoms with van der Waals surface area (Å²) in [6.45, 7) is 7.57. The van der Waals surface area contributed by atoms with Gasteiger partial charge in [-0.2, -0.15) is 0 Å². The van der Waals surface area contributed by atoms with Gasteiger partial charge in [0.2, 0.25) is 0 Å². The minimum absolute atomic E-state index is 0.0510. The molecule has 0 aliphatic rings. The number of allylic oxidation sites excluding steroid dienone is 12. The molecule has 0 radical (unpaired) electrons. The number of hydrogen-bond acceptors (Lipinski definition) is 5. The van der Waals surface area contributed by atoms with Gasteiger partial charge in [-0.1, -0.05) is 171 Å². The van der Waals surface area contributed by atoms with Gasteiger partial charge in [0, 0.05) is 19.4 Å². The molecule has 52 heavy (non-hydrogen) atoms. The van der Waals surface area contributed by atoms with Gasteiger partial charge in [-0.25, -0.2) is 0 Å². The van der Waals surface area contributed by atoms with Gasteiger partial charge in [0.05, 0.1) is 6.61 Å². The molecule has 298 valence electrons. The van der Waals surface area contributed by atoms with Gasteiger partial charge in [-0.3, -0.25) is 9.59 Å². The molecule has 0 fully saturated rings. The molecular weight excluding hydrogens is 645 g/mol. The van der Waals surface area contributed by atoms with E-state index >= 15 is 0 Å². The number of carbonyl (C=O) groups excluding carboxylic acids is 2. The Balaban J connectivity index is 4.31. The van der Waals surface area contributed by atoms with Gasteiger partial charge in [-0.05, 0) is 77.0 Å². The molecular formula is C47H80O5. The first-order chi connectivity index (χ1) is 25.6. The maximum Gasteiger partial charge on any atom is 0.306 e. The lowest BCUT2D eigenvalue weighted by Crippen LogP contribution is -2.30. The van der Waals surface area contributed by atoms with Crippen LogP contribution in [0.4, 0.5) is 0 Å². The van der Waals surface area contributed by atoms with E-state index in [0.29, 0.717) is 19.4 Å². The second kappa shape index (κ2) is 42.8. The second-order valence-electron chi connectivity index (χ2n) is 13.9. The highest BCUT2D eigenvalue weighted by molar-refractivity contribution is 5.70. The summed E-state index contributed by atoms with van der Waals surface area (Å²) in [4.78, 5) is 25.1. The Bertz CT molecular complexity index is 957. The number of unbranched alkanes of at least 4 members (excludes halogenated alkanes) is 15. The van der Waals surface area contributed by atoms with Crippen LogP contribution in [0.5, 0.6) is 0 Å². The van der Waals surface area contributed by atoms with E-state index in [4.69, 9.17) is 14.2 Å². The van der Waals surface area contributed by atoms with Crippen molar-refractivity contribution in [2.75, 3.05) is 19.8 Å². The molecule has 0 N–H and O–H groups in total. The van der Waals surface area contributed by atoms with E-state index in [2.05, 4.69) is 93.7 Å². The molecule has 0 aliphatic heterocycles. The molecule has 1 atom stereocenters. The second-order valence-corrected chi connectivity index (χ2v) is 13.9. The van der Waals surface area contributed by atoms with Gasteiger partial charge in [0.1, 0.15) is 6.61 Å². The molecule has 0 aromatic carbocycles. The highest BCUT2D eigenvalue weighted by Crippen LogP contribution is 2.12. The van der Waals surface area contributed by atoms with Crippen LogP contribution in [0.1, 0.15) is 188 Å². The SMILES string of the molecule is CC/C=C\C/C=C\C/C=C\C/C=C\C/C=C\CCCC(=O)OCC(COCCCCCCCCCC)OC(=O)CCCCCCC/C=C\CCCC. The normalized spacial score (nSPS) is 12.9. The average Bonchev–Trinajstić information content (AvgIpc) is 3.14. The monoisotopic (exact) mass is 725 g/mol. The zero-order chi connectivity index (χ0) is 37.8. The fraction of sp³-hybridized carbons (Fsp3) is 0.702. The molecule has 0 aromatic rings. The van der Waals surface area contributed by atoms with Crippen LogP contribution in [0.25, 0.3) is 0 Å². The quantitative estimate of drug-likeness (QED) is 0.0360. The van der Waals surface area contributed by atoms with Crippen molar-refractivity contribution in [1.29, 1.82) is 0 Å². The van der Waals surface area contributed by atoms with Crippen LogP contribution in [0, 0.1) is 0 Å². The molecule has 0 heterocycles. The van der Waals surface area contributed by atoms with Crippen molar-refractivity contribution >= 4 is 11.9 Å². The van der Waals surface area contributed by atoms with E-state index in [9.17, 15) is 9.59 Å². The Morgan fingerprint density at radius 1 is 0.442 bits per heavy atom. The van der Waals surface area contributed by atoms with Crippen LogP contribution in [-0.4, -0.2) is 37.9 Å². The minimum Gasteiger partial charge on any atom is -0.462 e. The Labute approximate surface area is 321 Å². The van der Waals surface area contributed by atoms with Crippen molar-refractivity contribution < 1.29 is 23.8 Å². The molecule has 0 spiro atoms. The van der Waals surface area contributed by atoms with Gasteiger partial charge in [0.15, 0.2) is 6.10 Å². The molecule has 0 aromatic heterocycles. The first kappa shape index (κ1) is 49.3. The van der Waals surface area contributed by atoms with Crippen LogP contribution in [0.15, 0.2) is 72.9 Å². The fourth-order valence-electron chi connectivity index (χ4n) is 5.52. The molecule has 0 aliphatic carbocycles. The lowest BCUT2D eigenvalue weighted by atomic mass is 10.1. The number of esters is 2. The average molecular weight is 725 g/mol. The molecule has 5 heteroatoms. The Morgan fingerprint density at radius 2 is 0.904 bits per heavy atom. The van der Waals surface area contributed by atoms with Crippen molar-refractivity contribution in [3.63, 3.8) is 0 Å². The first-order valence-corrected chi connectivity index (χ1v) is 21.5. The predicted molar refractivity (Wildman–Crippen MR) is 224 cm³/mol. The van der Waals surface area contributed by atoms with Gasteiger partial charge >= 0.3 is 11.9 Å². The smallest absolute Gasteiger partial charge is 0.306 e. The number of rotatable bonds is 38. The standard InChI is InChI=1S/C47H80O5/c1-4-7-10-13-16-19-21-22-23-24-25-26-28-29-31-34-37-40-46(48)51-44-45(43-50-42-39-36-33-18-15-12-9-6-3)52-47(49)41-38-35-32-30-27-20-17-14-11-8-5-2/h7,10,14,16-17,19,22-23,25-26,29,31,45H,4-6,8-9,11-13,15,18,20-21,24,27-28,30,32-44H2,1-3H3/b10-7-,17-14-,19-16-,23-22-,26-25-,31-29-. The summed E-state index contributed by atoms with van der Waals surface area (Å²) >= 11 is 0. The van der Waals surface area contributed by atoms with Crippen molar-refractivity contribution in [2.24, 2.45) is 0 Å². The third-order valence-corrected chi connectivity index (χ3v) is 8.73. The third-order valence-electron chi connectivity index (χ3n) is 8.73. The lowest BCUT2D eigenvalue weighted by Gasteiger charge is -2.18. The van der Waals surface area contributed by atoms with E-state index in [0.717, 1.165) is 83.5 Å². The highest BCUT2D eigenvalue weighted by Gasteiger charge is 2.17. The Hall–Kier alpha value is -2.66. The number of hydrogen-bond donors (Lipinski definition) is 0. The Morgan fingerprint density at radius 3 is 1.52 bits per heavy atom.